The van der Waals surface area contributed by atoms with E-state index in [0.29, 0.717) is 12.1 Å². The molecule has 2 aromatic heterocycles. The number of hydrogen-bond acceptors (Lipinski definition) is 5. The van der Waals surface area contributed by atoms with Crippen LogP contribution in [0.5, 0.6) is 0 Å². The van der Waals surface area contributed by atoms with Gasteiger partial charge in [-0.2, -0.15) is 4.52 Å². The Morgan fingerprint density at radius 3 is 2.47 bits per heavy atom. The summed E-state index contributed by atoms with van der Waals surface area (Å²) >= 11 is 0. The number of likely N-dealkylation sites (tertiary alicyclic amines) is 1. The summed E-state index contributed by atoms with van der Waals surface area (Å²) in [5.41, 5.74) is 2.77. The first-order valence-electron chi connectivity index (χ1n) is 10.9. The van der Waals surface area contributed by atoms with Gasteiger partial charge in [-0.25, -0.2) is 9.97 Å². The SMILES string of the molecule is C[C@H]1CCC[C@H](C)N1CCNc1nc2ccccc2c2nc(-c3ccccc3)nn12. The number of aromatic nitrogens is 4. The zero-order chi connectivity index (χ0) is 20.5. The number of anilines is 1. The molecule has 1 aliphatic heterocycles. The summed E-state index contributed by atoms with van der Waals surface area (Å²) in [5, 5.41) is 9.35. The molecule has 3 heterocycles. The maximum Gasteiger partial charge on any atom is 0.226 e. The summed E-state index contributed by atoms with van der Waals surface area (Å²) in [7, 11) is 0. The van der Waals surface area contributed by atoms with E-state index in [4.69, 9.17) is 15.1 Å². The Bertz CT molecular complexity index is 1140. The van der Waals surface area contributed by atoms with Crippen LogP contribution in [0, 0.1) is 0 Å². The smallest absolute Gasteiger partial charge is 0.226 e. The normalized spacial score (nSPS) is 20.1. The molecule has 0 saturated carbocycles. The molecular weight excluding hydrogens is 372 g/mol. The molecule has 0 unspecified atom stereocenters. The standard InChI is InChI=1S/C24H28N6/c1-17-9-8-10-18(2)29(17)16-15-25-24-26-21-14-7-6-13-20(21)23-27-22(28-30(23)24)19-11-4-3-5-12-19/h3-7,11-14,17-18H,8-10,15-16H2,1-2H3,(H,25,26)/t17-,18-/m0/s1. The number of rotatable bonds is 5. The summed E-state index contributed by atoms with van der Waals surface area (Å²) in [6, 6.07) is 19.5. The van der Waals surface area contributed by atoms with Crippen molar-refractivity contribution in [1.29, 1.82) is 0 Å². The fourth-order valence-corrected chi connectivity index (χ4v) is 4.59. The quantitative estimate of drug-likeness (QED) is 0.530. The number of piperidine rings is 1. The van der Waals surface area contributed by atoms with E-state index < -0.39 is 0 Å². The molecule has 6 heteroatoms. The molecule has 1 saturated heterocycles. The fraction of sp³-hybridized carbons (Fsp3) is 0.375. The van der Waals surface area contributed by atoms with Gasteiger partial charge in [0, 0.05) is 36.1 Å². The number of benzene rings is 2. The minimum Gasteiger partial charge on any atom is -0.353 e. The predicted octanol–water partition coefficient (Wildman–Crippen LogP) is 4.62. The van der Waals surface area contributed by atoms with Crippen molar-refractivity contribution in [2.45, 2.75) is 45.2 Å². The van der Waals surface area contributed by atoms with E-state index in [2.05, 4.69) is 30.1 Å². The summed E-state index contributed by atoms with van der Waals surface area (Å²) in [4.78, 5) is 12.3. The minimum absolute atomic E-state index is 0.635. The molecule has 30 heavy (non-hydrogen) atoms. The number of nitrogens with one attached hydrogen (secondary N) is 1. The first-order chi connectivity index (χ1) is 14.7. The van der Waals surface area contributed by atoms with E-state index in [0.717, 1.165) is 47.0 Å². The van der Waals surface area contributed by atoms with Gasteiger partial charge in [0.05, 0.1) is 5.52 Å². The monoisotopic (exact) mass is 400 g/mol. The molecule has 0 aliphatic carbocycles. The van der Waals surface area contributed by atoms with Crippen LogP contribution in [0.15, 0.2) is 54.6 Å². The molecule has 0 bridgehead atoms. The summed E-state index contributed by atoms with van der Waals surface area (Å²) in [5.74, 6) is 1.46. The molecule has 1 aliphatic rings. The molecule has 6 nitrogen and oxygen atoms in total. The zero-order valence-electron chi connectivity index (χ0n) is 17.6. The highest BCUT2D eigenvalue weighted by atomic mass is 15.4. The molecule has 0 radical (unpaired) electrons. The van der Waals surface area contributed by atoms with Gasteiger partial charge in [-0.05, 0) is 38.8 Å². The average Bonchev–Trinajstić information content (AvgIpc) is 3.22. The molecule has 5 rings (SSSR count). The number of fused-ring (bicyclic) bond motifs is 3. The molecule has 0 amide bonds. The first kappa shape index (κ1) is 19.0. The third-order valence-corrected chi connectivity index (χ3v) is 6.24. The van der Waals surface area contributed by atoms with Gasteiger partial charge in [-0.1, -0.05) is 48.9 Å². The van der Waals surface area contributed by atoms with Crippen LogP contribution in [-0.4, -0.2) is 49.7 Å². The van der Waals surface area contributed by atoms with Crippen LogP contribution in [0.3, 0.4) is 0 Å². The van der Waals surface area contributed by atoms with Crippen molar-refractivity contribution in [1.82, 2.24) is 24.5 Å². The van der Waals surface area contributed by atoms with Crippen LogP contribution in [0.25, 0.3) is 27.9 Å². The number of hydrogen-bond donors (Lipinski definition) is 1. The van der Waals surface area contributed by atoms with E-state index >= 15 is 0 Å². The summed E-state index contributed by atoms with van der Waals surface area (Å²) in [6.45, 7) is 6.51. The highest BCUT2D eigenvalue weighted by Gasteiger charge is 2.24. The Morgan fingerprint density at radius 1 is 0.933 bits per heavy atom. The van der Waals surface area contributed by atoms with Crippen molar-refractivity contribution < 1.29 is 0 Å². The van der Waals surface area contributed by atoms with Crippen LogP contribution >= 0.6 is 0 Å². The van der Waals surface area contributed by atoms with Gasteiger partial charge >= 0.3 is 0 Å². The molecule has 1 N–H and O–H groups in total. The van der Waals surface area contributed by atoms with Gasteiger partial charge in [0.25, 0.3) is 0 Å². The van der Waals surface area contributed by atoms with Crippen LogP contribution in [0.4, 0.5) is 5.95 Å². The van der Waals surface area contributed by atoms with Crippen molar-refractivity contribution in [3.05, 3.63) is 54.6 Å². The van der Waals surface area contributed by atoms with E-state index in [-0.39, 0.29) is 0 Å². The van der Waals surface area contributed by atoms with Gasteiger partial charge in [-0.3, -0.25) is 4.90 Å². The molecular formula is C24H28N6. The highest BCUT2D eigenvalue weighted by Crippen LogP contribution is 2.25. The topological polar surface area (TPSA) is 58.3 Å². The van der Waals surface area contributed by atoms with Crippen molar-refractivity contribution in [2.75, 3.05) is 18.4 Å². The van der Waals surface area contributed by atoms with Crippen molar-refractivity contribution in [3.63, 3.8) is 0 Å². The average molecular weight is 401 g/mol. The lowest BCUT2D eigenvalue weighted by atomic mass is 9.98. The Balaban J connectivity index is 1.48. The third-order valence-electron chi connectivity index (χ3n) is 6.24. The Hall–Kier alpha value is -2.99. The summed E-state index contributed by atoms with van der Waals surface area (Å²) < 4.78 is 1.85. The first-order valence-corrected chi connectivity index (χ1v) is 10.9. The zero-order valence-corrected chi connectivity index (χ0v) is 17.6. The lowest BCUT2D eigenvalue weighted by Gasteiger charge is -2.39. The molecule has 154 valence electrons. The highest BCUT2D eigenvalue weighted by molar-refractivity contribution is 5.92. The molecule has 2 aromatic carbocycles. The Morgan fingerprint density at radius 2 is 1.67 bits per heavy atom. The van der Waals surface area contributed by atoms with Crippen molar-refractivity contribution >= 4 is 22.5 Å². The third kappa shape index (κ3) is 3.52. The molecule has 0 spiro atoms. The minimum atomic E-state index is 0.635. The lowest BCUT2D eigenvalue weighted by Crippen LogP contribution is -2.45. The number of nitrogens with zero attached hydrogens (tertiary/aromatic N) is 5. The van der Waals surface area contributed by atoms with Crippen LogP contribution < -0.4 is 5.32 Å². The van der Waals surface area contributed by atoms with Crippen LogP contribution in [0.2, 0.25) is 0 Å². The van der Waals surface area contributed by atoms with Gasteiger partial charge in [0.2, 0.25) is 5.95 Å². The molecule has 1 fully saturated rings. The van der Waals surface area contributed by atoms with Gasteiger partial charge in [-0.15, -0.1) is 5.10 Å². The predicted molar refractivity (Wildman–Crippen MR) is 122 cm³/mol. The maximum atomic E-state index is 4.86. The van der Waals surface area contributed by atoms with Gasteiger partial charge in [0.15, 0.2) is 11.5 Å². The van der Waals surface area contributed by atoms with Crippen LogP contribution in [0.1, 0.15) is 33.1 Å². The summed E-state index contributed by atoms with van der Waals surface area (Å²) in [6.07, 6.45) is 3.90. The van der Waals surface area contributed by atoms with Gasteiger partial charge < -0.3 is 5.32 Å². The lowest BCUT2D eigenvalue weighted by molar-refractivity contribution is 0.109. The van der Waals surface area contributed by atoms with Crippen LogP contribution in [-0.2, 0) is 0 Å². The second kappa shape index (κ2) is 8.03. The van der Waals surface area contributed by atoms with E-state index in [1.54, 1.807) is 0 Å². The van der Waals surface area contributed by atoms with E-state index in [1.165, 1.54) is 19.3 Å². The second-order valence-corrected chi connectivity index (χ2v) is 8.28. The van der Waals surface area contributed by atoms with Crippen molar-refractivity contribution in [3.8, 4) is 11.4 Å². The molecule has 4 aromatic rings. The van der Waals surface area contributed by atoms with Crippen molar-refractivity contribution in [2.24, 2.45) is 0 Å². The maximum absolute atomic E-state index is 4.86. The Labute approximate surface area is 177 Å². The fourth-order valence-electron chi connectivity index (χ4n) is 4.59. The van der Waals surface area contributed by atoms with E-state index in [1.807, 2.05) is 53.0 Å². The molecule has 2 atom stereocenters. The number of para-hydroxylation sites is 1. The Kier molecular flexibility index (Phi) is 5.09. The largest absolute Gasteiger partial charge is 0.353 e. The van der Waals surface area contributed by atoms with E-state index in [9.17, 15) is 0 Å². The van der Waals surface area contributed by atoms with Gasteiger partial charge in [0.1, 0.15) is 0 Å². The second-order valence-electron chi connectivity index (χ2n) is 8.28.